The number of carbonyl (C=O) groups excluding carboxylic acids is 1. The van der Waals surface area contributed by atoms with Crippen LogP contribution < -0.4 is 10.6 Å². The van der Waals surface area contributed by atoms with Gasteiger partial charge >= 0.3 is 6.03 Å². The number of urea groups is 1. The number of amides is 2. The molecular weight excluding hydrogens is 294 g/mol. The Morgan fingerprint density at radius 2 is 2.13 bits per heavy atom. The van der Waals surface area contributed by atoms with Crippen LogP contribution in [0.4, 0.5) is 4.79 Å². The van der Waals surface area contributed by atoms with Crippen molar-refractivity contribution in [1.29, 1.82) is 0 Å². The van der Waals surface area contributed by atoms with Crippen LogP contribution >= 0.6 is 0 Å². The van der Waals surface area contributed by atoms with Crippen LogP contribution in [0.3, 0.4) is 0 Å². The summed E-state index contributed by atoms with van der Waals surface area (Å²) in [5.74, 6) is 0. The Morgan fingerprint density at radius 3 is 2.78 bits per heavy atom. The standard InChI is InChI=1S/C17H27N3O3/c1-17(2)13-20(10-11-23-17)9-8-18-16(22)19-15(12-21)14-6-4-3-5-7-14/h3-7,15,21H,8-13H2,1-2H3,(H2,18,19,22). The second kappa shape index (κ2) is 8.29. The predicted molar refractivity (Wildman–Crippen MR) is 89.3 cm³/mol. The molecule has 1 aromatic rings. The number of morpholine rings is 1. The quantitative estimate of drug-likeness (QED) is 0.734. The van der Waals surface area contributed by atoms with Gasteiger partial charge in [-0.1, -0.05) is 30.3 Å². The van der Waals surface area contributed by atoms with E-state index < -0.39 is 6.04 Å². The van der Waals surface area contributed by atoms with Gasteiger partial charge in [-0.3, -0.25) is 4.90 Å². The van der Waals surface area contributed by atoms with Crippen LogP contribution in [0, 0.1) is 0 Å². The van der Waals surface area contributed by atoms with Gasteiger partial charge in [0.25, 0.3) is 0 Å². The number of benzene rings is 1. The molecule has 0 aliphatic carbocycles. The Labute approximate surface area is 137 Å². The summed E-state index contributed by atoms with van der Waals surface area (Å²) in [6.07, 6.45) is 0. The number of nitrogens with zero attached hydrogens (tertiary/aromatic N) is 1. The van der Waals surface area contributed by atoms with Gasteiger partial charge in [0.05, 0.1) is 24.9 Å². The van der Waals surface area contributed by atoms with E-state index in [1.165, 1.54) is 0 Å². The third-order valence-electron chi connectivity index (χ3n) is 3.91. The lowest BCUT2D eigenvalue weighted by molar-refractivity contribution is -0.0852. The molecule has 1 aliphatic heterocycles. The number of aliphatic hydroxyl groups excluding tert-OH is 1. The number of hydrogen-bond donors (Lipinski definition) is 3. The summed E-state index contributed by atoms with van der Waals surface area (Å²) in [5, 5.41) is 15.1. The third kappa shape index (κ3) is 5.82. The molecule has 1 unspecified atom stereocenters. The Bertz CT molecular complexity index is 493. The molecule has 6 heteroatoms. The lowest BCUT2D eigenvalue weighted by Crippen LogP contribution is -2.50. The first-order valence-electron chi connectivity index (χ1n) is 8.07. The summed E-state index contributed by atoms with van der Waals surface area (Å²) in [4.78, 5) is 14.3. The molecule has 1 fully saturated rings. The van der Waals surface area contributed by atoms with Crippen LogP contribution in [0.15, 0.2) is 30.3 Å². The number of hydrogen-bond acceptors (Lipinski definition) is 4. The summed E-state index contributed by atoms with van der Waals surface area (Å²) in [6.45, 7) is 7.84. The van der Waals surface area contributed by atoms with Crippen LogP contribution in [-0.2, 0) is 4.74 Å². The van der Waals surface area contributed by atoms with E-state index in [0.717, 1.165) is 31.8 Å². The maximum Gasteiger partial charge on any atom is 0.315 e. The van der Waals surface area contributed by atoms with Crippen molar-refractivity contribution in [3.63, 3.8) is 0 Å². The molecule has 6 nitrogen and oxygen atoms in total. The van der Waals surface area contributed by atoms with E-state index in [-0.39, 0.29) is 18.2 Å². The van der Waals surface area contributed by atoms with Gasteiger partial charge in [-0.15, -0.1) is 0 Å². The molecule has 1 saturated heterocycles. The van der Waals surface area contributed by atoms with Crippen LogP contribution in [0.1, 0.15) is 25.5 Å². The number of aliphatic hydroxyl groups is 1. The maximum absolute atomic E-state index is 12.0. The van der Waals surface area contributed by atoms with E-state index in [1.807, 2.05) is 30.3 Å². The summed E-state index contributed by atoms with van der Waals surface area (Å²) >= 11 is 0. The molecule has 2 rings (SSSR count). The van der Waals surface area contributed by atoms with E-state index >= 15 is 0 Å². The summed E-state index contributed by atoms with van der Waals surface area (Å²) in [7, 11) is 0. The van der Waals surface area contributed by atoms with Crippen molar-refractivity contribution in [3.05, 3.63) is 35.9 Å². The summed E-state index contributed by atoms with van der Waals surface area (Å²) in [5.41, 5.74) is 0.760. The fraction of sp³-hybridized carbons (Fsp3) is 0.588. The highest BCUT2D eigenvalue weighted by atomic mass is 16.5. The molecule has 128 valence electrons. The summed E-state index contributed by atoms with van der Waals surface area (Å²) in [6, 6.07) is 8.80. The van der Waals surface area contributed by atoms with E-state index in [0.29, 0.717) is 6.54 Å². The zero-order valence-corrected chi connectivity index (χ0v) is 13.9. The van der Waals surface area contributed by atoms with E-state index in [1.54, 1.807) is 0 Å². The van der Waals surface area contributed by atoms with Crippen LogP contribution in [0.2, 0.25) is 0 Å². The second-order valence-electron chi connectivity index (χ2n) is 6.43. The molecule has 0 radical (unpaired) electrons. The Morgan fingerprint density at radius 1 is 1.39 bits per heavy atom. The molecule has 0 spiro atoms. The van der Waals surface area contributed by atoms with Gasteiger partial charge in [0.15, 0.2) is 0 Å². The van der Waals surface area contributed by atoms with Crippen molar-refractivity contribution >= 4 is 6.03 Å². The zero-order valence-electron chi connectivity index (χ0n) is 13.9. The van der Waals surface area contributed by atoms with Gasteiger partial charge in [0, 0.05) is 26.2 Å². The van der Waals surface area contributed by atoms with Gasteiger partial charge in [-0.25, -0.2) is 4.79 Å². The lowest BCUT2D eigenvalue weighted by Gasteiger charge is -2.38. The van der Waals surface area contributed by atoms with Gasteiger partial charge < -0.3 is 20.5 Å². The number of ether oxygens (including phenoxy) is 1. The molecule has 1 aromatic carbocycles. The smallest absolute Gasteiger partial charge is 0.315 e. The largest absolute Gasteiger partial charge is 0.394 e. The van der Waals surface area contributed by atoms with Gasteiger partial charge in [0.2, 0.25) is 0 Å². The fourth-order valence-electron chi connectivity index (χ4n) is 2.76. The lowest BCUT2D eigenvalue weighted by atomic mass is 10.1. The van der Waals surface area contributed by atoms with E-state index in [9.17, 15) is 9.90 Å². The van der Waals surface area contributed by atoms with Crippen molar-refractivity contribution in [3.8, 4) is 0 Å². The van der Waals surface area contributed by atoms with Crippen LogP contribution in [0.25, 0.3) is 0 Å². The van der Waals surface area contributed by atoms with Crippen molar-refractivity contribution in [1.82, 2.24) is 15.5 Å². The molecule has 1 atom stereocenters. The Hall–Kier alpha value is -1.63. The van der Waals surface area contributed by atoms with Gasteiger partial charge in [0.1, 0.15) is 0 Å². The van der Waals surface area contributed by atoms with Crippen LogP contribution in [-0.4, -0.2) is 61.0 Å². The van der Waals surface area contributed by atoms with Crippen molar-refractivity contribution in [2.45, 2.75) is 25.5 Å². The number of carbonyl (C=O) groups is 1. The molecule has 0 aromatic heterocycles. The molecule has 3 N–H and O–H groups in total. The molecule has 23 heavy (non-hydrogen) atoms. The summed E-state index contributed by atoms with van der Waals surface area (Å²) < 4.78 is 5.67. The average molecular weight is 321 g/mol. The first-order valence-corrected chi connectivity index (χ1v) is 8.07. The zero-order chi connectivity index (χ0) is 16.7. The van der Waals surface area contributed by atoms with Crippen LogP contribution in [0.5, 0.6) is 0 Å². The molecular formula is C17H27N3O3. The fourth-order valence-corrected chi connectivity index (χ4v) is 2.76. The van der Waals surface area contributed by atoms with Crippen molar-refractivity contribution in [2.24, 2.45) is 0 Å². The minimum atomic E-state index is -0.390. The highest BCUT2D eigenvalue weighted by Gasteiger charge is 2.26. The molecule has 1 aliphatic rings. The van der Waals surface area contributed by atoms with Gasteiger partial charge in [-0.05, 0) is 19.4 Å². The van der Waals surface area contributed by atoms with Crippen molar-refractivity contribution < 1.29 is 14.6 Å². The highest BCUT2D eigenvalue weighted by Crippen LogP contribution is 2.15. The van der Waals surface area contributed by atoms with E-state index in [2.05, 4.69) is 29.4 Å². The molecule has 2 amide bonds. The molecule has 0 bridgehead atoms. The third-order valence-corrected chi connectivity index (χ3v) is 3.91. The minimum absolute atomic E-state index is 0.129. The van der Waals surface area contributed by atoms with Crippen molar-refractivity contribution in [2.75, 3.05) is 39.4 Å². The number of nitrogens with one attached hydrogen (secondary N) is 2. The highest BCUT2D eigenvalue weighted by molar-refractivity contribution is 5.74. The normalized spacial score (nSPS) is 19.1. The first-order chi connectivity index (χ1) is 11.0. The maximum atomic E-state index is 12.0. The monoisotopic (exact) mass is 321 g/mol. The number of rotatable bonds is 6. The van der Waals surface area contributed by atoms with E-state index in [4.69, 9.17) is 4.74 Å². The second-order valence-corrected chi connectivity index (χ2v) is 6.43. The topological polar surface area (TPSA) is 73.8 Å². The Balaban J connectivity index is 1.72. The molecule has 1 heterocycles. The SMILES string of the molecule is CC1(C)CN(CCNC(=O)NC(CO)c2ccccc2)CCO1. The predicted octanol–water partition coefficient (Wildman–Crippen LogP) is 1.13. The molecule has 0 saturated carbocycles. The minimum Gasteiger partial charge on any atom is -0.394 e. The van der Waals surface area contributed by atoms with Gasteiger partial charge in [-0.2, -0.15) is 0 Å². The Kier molecular flexibility index (Phi) is 6.38. The first kappa shape index (κ1) is 17.7. The average Bonchev–Trinajstić information content (AvgIpc) is 2.52.